The van der Waals surface area contributed by atoms with Crippen molar-refractivity contribution in [3.8, 4) is 11.3 Å². The minimum atomic E-state index is -0.0958. The van der Waals surface area contributed by atoms with Gasteiger partial charge < -0.3 is 9.88 Å². The molecule has 116 valence electrons. The Bertz CT molecular complexity index is 745. The number of nitrogens with zero attached hydrogens (tertiary/aromatic N) is 2. The molecule has 0 atom stereocenters. The van der Waals surface area contributed by atoms with Crippen LogP contribution in [0.2, 0.25) is 0 Å². The van der Waals surface area contributed by atoms with Crippen molar-refractivity contribution in [1.29, 1.82) is 0 Å². The van der Waals surface area contributed by atoms with Gasteiger partial charge in [-0.3, -0.25) is 14.7 Å². The Balaban J connectivity index is 1.96. The normalized spacial score (nSPS) is 16.8. The maximum Gasteiger partial charge on any atom is 0.256 e. The van der Waals surface area contributed by atoms with E-state index in [-0.39, 0.29) is 5.56 Å². The van der Waals surface area contributed by atoms with Gasteiger partial charge in [-0.1, -0.05) is 30.3 Å². The van der Waals surface area contributed by atoms with Gasteiger partial charge in [0.1, 0.15) is 0 Å². The summed E-state index contributed by atoms with van der Waals surface area (Å²) >= 11 is 5.14. The topological polar surface area (TPSA) is 55.1 Å². The maximum atomic E-state index is 12.4. The molecule has 0 amide bonds. The Morgan fingerprint density at radius 3 is 2.45 bits per heavy atom. The quantitative estimate of drug-likeness (QED) is 0.849. The van der Waals surface area contributed by atoms with Crippen molar-refractivity contribution >= 4 is 12.2 Å². The van der Waals surface area contributed by atoms with Crippen LogP contribution in [-0.2, 0) is 6.54 Å². The number of H-pyrrole nitrogens is 2. The van der Waals surface area contributed by atoms with E-state index in [1.54, 1.807) is 0 Å². The van der Waals surface area contributed by atoms with Crippen molar-refractivity contribution in [3.05, 3.63) is 51.0 Å². The highest BCUT2D eigenvalue weighted by Gasteiger charge is 2.18. The van der Waals surface area contributed by atoms with Gasteiger partial charge >= 0.3 is 0 Å². The second-order valence-electron chi connectivity index (χ2n) is 5.71. The standard InChI is InChI=1S/C16H20N4OS/c1-19-7-9-20(10-8-19)11-13-14(12-5-3-2-4-6-12)17-16(22)18-15(13)21/h2-6H,7-11H2,1H3,(H2,17,18,21,22). The van der Waals surface area contributed by atoms with Crippen LogP contribution in [0.4, 0.5) is 0 Å². The van der Waals surface area contributed by atoms with Gasteiger partial charge in [0.25, 0.3) is 5.56 Å². The van der Waals surface area contributed by atoms with E-state index in [1.807, 2.05) is 30.3 Å². The third kappa shape index (κ3) is 3.35. The number of rotatable bonds is 3. The van der Waals surface area contributed by atoms with Crippen molar-refractivity contribution in [3.63, 3.8) is 0 Å². The smallest absolute Gasteiger partial charge is 0.256 e. The van der Waals surface area contributed by atoms with Crippen LogP contribution in [0, 0.1) is 4.77 Å². The number of aromatic amines is 2. The summed E-state index contributed by atoms with van der Waals surface area (Å²) in [6.07, 6.45) is 0. The second kappa shape index (κ2) is 6.56. The Kier molecular flexibility index (Phi) is 4.52. The highest BCUT2D eigenvalue weighted by molar-refractivity contribution is 7.71. The molecule has 1 fully saturated rings. The fraction of sp³-hybridized carbons (Fsp3) is 0.375. The van der Waals surface area contributed by atoms with Gasteiger partial charge in [-0.25, -0.2) is 0 Å². The number of hydrogen-bond donors (Lipinski definition) is 2. The van der Waals surface area contributed by atoms with E-state index in [9.17, 15) is 4.79 Å². The molecule has 0 aliphatic carbocycles. The minimum absolute atomic E-state index is 0.0958. The zero-order valence-electron chi connectivity index (χ0n) is 12.6. The third-order valence-corrected chi connectivity index (χ3v) is 4.29. The first-order valence-electron chi connectivity index (χ1n) is 7.45. The van der Waals surface area contributed by atoms with E-state index in [0.29, 0.717) is 11.3 Å². The zero-order valence-corrected chi connectivity index (χ0v) is 13.4. The fourth-order valence-corrected chi connectivity index (χ4v) is 2.94. The van der Waals surface area contributed by atoms with Crippen molar-refractivity contribution < 1.29 is 0 Å². The molecule has 2 N–H and O–H groups in total. The zero-order chi connectivity index (χ0) is 15.5. The van der Waals surface area contributed by atoms with Gasteiger partial charge in [-0.2, -0.15) is 0 Å². The summed E-state index contributed by atoms with van der Waals surface area (Å²) in [5.74, 6) is 0. The Morgan fingerprint density at radius 2 is 1.77 bits per heavy atom. The molecular formula is C16H20N4OS. The number of piperazine rings is 1. The van der Waals surface area contributed by atoms with Crippen LogP contribution in [0.5, 0.6) is 0 Å². The van der Waals surface area contributed by atoms with Crippen molar-refractivity contribution in [2.75, 3.05) is 33.2 Å². The first-order valence-corrected chi connectivity index (χ1v) is 7.86. The monoisotopic (exact) mass is 316 g/mol. The van der Waals surface area contributed by atoms with E-state index in [2.05, 4.69) is 26.8 Å². The summed E-state index contributed by atoms with van der Waals surface area (Å²) in [6.45, 7) is 4.64. The van der Waals surface area contributed by atoms with E-state index in [1.165, 1.54) is 0 Å². The Morgan fingerprint density at radius 1 is 1.09 bits per heavy atom. The van der Waals surface area contributed by atoms with E-state index < -0.39 is 0 Å². The number of aromatic nitrogens is 2. The largest absolute Gasteiger partial charge is 0.331 e. The lowest BCUT2D eigenvalue weighted by Crippen LogP contribution is -2.44. The number of nitrogens with one attached hydrogen (secondary N) is 2. The molecule has 22 heavy (non-hydrogen) atoms. The molecule has 0 saturated carbocycles. The van der Waals surface area contributed by atoms with E-state index >= 15 is 0 Å². The van der Waals surface area contributed by atoms with Gasteiger partial charge in [0, 0.05) is 32.7 Å². The summed E-state index contributed by atoms with van der Waals surface area (Å²) in [5, 5.41) is 0. The average molecular weight is 316 g/mol. The minimum Gasteiger partial charge on any atom is -0.331 e. The Labute approximate surface area is 134 Å². The highest BCUT2D eigenvalue weighted by atomic mass is 32.1. The molecule has 1 saturated heterocycles. The molecule has 2 aromatic rings. The van der Waals surface area contributed by atoms with Gasteiger partial charge in [-0.05, 0) is 24.8 Å². The van der Waals surface area contributed by atoms with Crippen LogP contribution in [0.15, 0.2) is 35.1 Å². The molecule has 1 aliphatic heterocycles. The fourth-order valence-electron chi connectivity index (χ4n) is 2.74. The Hall–Kier alpha value is -1.76. The molecule has 3 rings (SSSR count). The van der Waals surface area contributed by atoms with Crippen molar-refractivity contribution in [2.45, 2.75) is 6.54 Å². The molecule has 0 bridgehead atoms. The van der Waals surface area contributed by atoms with Gasteiger partial charge in [0.2, 0.25) is 0 Å². The highest BCUT2D eigenvalue weighted by Crippen LogP contribution is 2.20. The molecule has 2 heterocycles. The predicted molar refractivity (Wildman–Crippen MR) is 90.5 cm³/mol. The van der Waals surface area contributed by atoms with Crippen LogP contribution in [0.25, 0.3) is 11.3 Å². The molecule has 0 unspecified atom stereocenters. The molecule has 1 aliphatic rings. The first-order chi connectivity index (χ1) is 10.6. The average Bonchev–Trinajstić information content (AvgIpc) is 2.52. The lowest BCUT2D eigenvalue weighted by Gasteiger charge is -2.32. The molecular weight excluding hydrogens is 296 g/mol. The van der Waals surface area contributed by atoms with E-state index in [0.717, 1.165) is 43.0 Å². The first kappa shape index (κ1) is 15.1. The van der Waals surface area contributed by atoms with Crippen LogP contribution < -0.4 is 5.56 Å². The van der Waals surface area contributed by atoms with Crippen LogP contribution in [0.1, 0.15) is 5.56 Å². The van der Waals surface area contributed by atoms with Gasteiger partial charge in [0.05, 0.1) is 11.3 Å². The summed E-state index contributed by atoms with van der Waals surface area (Å²) < 4.78 is 0.367. The van der Waals surface area contributed by atoms with Crippen molar-refractivity contribution in [1.82, 2.24) is 19.8 Å². The lowest BCUT2D eigenvalue weighted by molar-refractivity contribution is 0.148. The SMILES string of the molecule is CN1CCN(Cc2c(-c3ccccc3)[nH]c(=S)[nH]c2=O)CC1. The molecule has 0 radical (unpaired) electrons. The predicted octanol–water partition coefficient (Wildman–Crippen LogP) is 1.85. The van der Waals surface area contributed by atoms with E-state index in [4.69, 9.17) is 12.2 Å². The number of hydrogen-bond acceptors (Lipinski definition) is 4. The molecule has 6 heteroatoms. The number of likely N-dealkylation sites (N-methyl/N-ethyl adjacent to an activating group) is 1. The molecule has 5 nitrogen and oxygen atoms in total. The van der Waals surface area contributed by atoms with Crippen LogP contribution in [-0.4, -0.2) is 53.0 Å². The molecule has 0 spiro atoms. The number of benzene rings is 1. The summed E-state index contributed by atoms with van der Waals surface area (Å²) in [5.41, 5.74) is 2.47. The second-order valence-corrected chi connectivity index (χ2v) is 6.12. The summed E-state index contributed by atoms with van der Waals surface area (Å²) in [7, 11) is 2.12. The van der Waals surface area contributed by atoms with Crippen LogP contribution >= 0.6 is 12.2 Å². The molecule has 1 aromatic heterocycles. The summed E-state index contributed by atoms with van der Waals surface area (Å²) in [6, 6.07) is 9.88. The lowest BCUT2D eigenvalue weighted by atomic mass is 10.1. The van der Waals surface area contributed by atoms with Gasteiger partial charge in [0.15, 0.2) is 4.77 Å². The van der Waals surface area contributed by atoms with Crippen molar-refractivity contribution in [2.24, 2.45) is 0 Å². The third-order valence-electron chi connectivity index (χ3n) is 4.08. The maximum absolute atomic E-state index is 12.4. The van der Waals surface area contributed by atoms with Gasteiger partial charge in [-0.15, -0.1) is 0 Å². The van der Waals surface area contributed by atoms with Crippen LogP contribution in [0.3, 0.4) is 0 Å². The molecule has 1 aromatic carbocycles. The summed E-state index contributed by atoms with van der Waals surface area (Å²) in [4.78, 5) is 22.9.